The molecule has 0 aromatic rings. The van der Waals surface area contributed by atoms with E-state index < -0.39 is 6.10 Å². The number of carbonyl (C=O) groups is 3. The molecule has 0 spiro atoms. The van der Waals surface area contributed by atoms with E-state index in [2.05, 4.69) is 57.2 Å². The highest BCUT2D eigenvalue weighted by Gasteiger charge is 2.19. The quantitative estimate of drug-likeness (QED) is 0.0262. The predicted octanol–water partition coefficient (Wildman–Crippen LogP) is 19.7. The van der Waals surface area contributed by atoms with Crippen LogP contribution in [0.25, 0.3) is 0 Å². The van der Waals surface area contributed by atoms with Gasteiger partial charge in [0.25, 0.3) is 0 Å². The normalized spacial score (nSPS) is 12.2. The van der Waals surface area contributed by atoms with E-state index in [4.69, 9.17) is 14.2 Å². The Bertz CT molecular complexity index is 1130. The first-order valence-electron chi connectivity index (χ1n) is 29.5. The molecule has 0 saturated heterocycles. The first kappa shape index (κ1) is 64.6. The molecule has 1 atom stereocenters. The summed E-state index contributed by atoms with van der Waals surface area (Å²) in [5.74, 6) is -0.872. The number of esters is 3. The molecule has 0 aliphatic heterocycles. The van der Waals surface area contributed by atoms with Crippen LogP contribution in [0.3, 0.4) is 0 Å². The van der Waals surface area contributed by atoms with Gasteiger partial charge in [-0.3, -0.25) is 14.4 Å². The minimum absolute atomic E-state index is 0.0752. The average molecular weight is 942 g/mol. The Morgan fingerprint density at radius 1 is 0.284 bits per heavy atom. The lowest BCUT2D eigenvalue weighted by Gasteiger charge is -2.18. The Balaban J connectivity index is 4.34. The van der Waals surface area contributed by atoms with Gasteiger partial charge in [0.2, 0.25) is 0 Å². The van der Waals surface area contributed by atoms with Crippen LogP contribution in [0.4, 0.5) is 0 Å². The second-order valence-corrected chi connectivity index (χ2v) is 19.9. The van der Waals surface area contributed by atoms with Crippen molar-refractivity contribution in [2.24, 2.45) is 0 Å². The van der Waals surface area contributed by atoms with Gasteiger partial charge in [0.05, 0.1) is 0 Å². The number of rotatable bonds is 54. The number of hydrogen-bond donors (Lipinski definition) is 0. The maximum atomic E-state index is 12.8. The molecule has 0 bridgehead atoms. The Kier molecular flexibility index (Phi) is 54.2. The predicted molar refractivity (Wildman–Crippen MR) is 289 cm³/mol. The first-order chi connectivity index (χ1) is 33.0. The van der Waals surface area contributed by atoms with Crippen LogP contribution in [-0.4, -0.2) is 37.2 Å². The molecule has 0 radical (unpaired) electrons. The van der Waals surface area contributed by atoms with Crippen LogP contribution in [0, 0.1) is 0 Å². The lowest BCUT2D eigenvalue weighted by Crippen LogP contribution is -2.30. The van der Waals surface area contributed by atoms with Crippen molar-refractivity contribution in [2.45, 2.75) is 322 Å². The zero-order valence-corrected chi connectivity index (χ0v) is 44.9. The Morgan fingerprint density at radius 2 is 0.493 bits per heavy atom. The second kappa shape index (κ2) is 56.2. The van der Waals surface area contributed by atoms with Gasteiger partial charge < -0.3 is 14.2 Å². The lowest BCUT2D eigenvalue weighted by molar-refractivity contribution is -0.167. The molecule has 0 heterocycles. The van der Waals surface area contributed by atoms with E-state index in [-0.39, 0.29) is 31.1 Å². The third-order valence-electron chi connectivity index (χ3n) is 13.1. The number of hydrogen-bond acceptors (Lipinski definition) is 6. The van der Waals surface area contributed by atoms with Crippen molar-refractivity contribution < 1.29 is 28.6 Å². The van der Waals surface area contributed by atoms with E-state index in [1.165, 1.54) is 218 Å². The molecular formula is C61H112O6. The number of carbonyl (C=O) groups excluding carboxylic acids is 3. The maximum Gasteiger partial charge on any atom is 0.306 e. The van der Waals surface area contributed by atoms with Crippen LogP contribution in [0.2, 0.25) is 0 Å². The Labute approximate surface area is 416 Å². The van der Waals surface area contributed by atoms with Crippen molar-refractivity contribution >= 4 is 17.9 Å². The summed E-state index contributed by atoms with van der Waals surface area (Å²) >= 11 is 0. The van der Waals surface area contributed by atoms with Crippen LogP contribution in [-0.2, 0) is 28.6 Å². The number of allylic oxidation sites excluding steroid dienone is 6. The van der Waals surface area contributed by atoms with Gasteiger partial charge in [0, 0.05) is 19.3 Å². The zero-order valence-electron chi connectivity index (χ0n) is 44.9. The first-order valence-corrected chi connectivity index (χ1v) is 29.5. The molecule has 392 valence electrons. The van der Waals surface area contributed by atoms with Crippen molar-refractivity contribution in [3.05, 3.63) is 36.5 Å². The third kappa shape index (κ3) is 54.4. The fraction of sp³-hybridized carbons (Fsp3) is 0.852. The van der Waals surface area contributed by atoms with Crippen molar-refractivity contribution in [3.8, 4) is 0 Å². The largest absolute Gasteiger partial charge is 0.462 e. The summed E-state index contributed by atoms with van der Waals surface area (Å²) in [5, 5.41) is 0. The summed E-state index contributed by atoms with van der Waals surface area (Å²) < 4.78 is 16.9. The summed E-state index contributed by atoms with van der Waals surface area (Å²) in [4.78, 5) is 38.2. The zero-order chi connectivity index (χ0) is 48.6. The molecule has 0 aliphatic carbocycles. The summed E-state index contributed by atoms with van der Waals surface area (Å²) in [6.07, 6.45) is 67.0. The molecule has 0 saturated carbocycles. The molecule has 67 heavy (non-hydrogen) atoms. The van der Waals surface area contributed by atoms with Crippen molar-refractivity contribution in [1.82, 2.24) is 0 Å². The lowest BCUT2D eigenvalue weighted by atomic mass is 10.1. The highest BCUT2D eigenvalue weighted by atomic mass is 16.6. The molecule has 0 N–H and O–H groups in total. The topological polar surface area (TPSA) is 78.9 Å². The Morgan fingerprint density at radius 3 is 0.761 bits per heavy atom. The Hall–Kier alpha value is -2.37. The molecule has 6 heteroatoms. The standard InChI is InChI=1S/C61H112O6/c1-4-7-10-13-16-19-22-25-28-29-30-31-34-36-39-42-45-48-51-54-60(63)66-57-58(67-61(64)55-52-49-46-43-40-37-33-27-24-21-18-15-12-9-6-3)56-65-59(62)53-50-47-44-41-38-35-32-26-23-20-17-14-11-8-5-2/h20-21,23-24,29-30,58H,4-19,22,25-28,31-57H2,1-3H3/b23-20-,24-21-,30-29-. The molecule has 0 fully saturated rings. The summed E-state index contributed by atoms with van der Waals surface area (Å²) in [5.41, 5.74) is 0. The van der Waals surface area contributed by atoms with Crippen LogP contribution in [0.1, 0.15) is 316 Å². The average Bonchev–Trinajstić information content (AvgIpc) is 3.33. The van der Waals surface area contributed by atoms with E-state index in [0.29, 0.717) is 19.3 Å². The molecule has 0 amide bonds. The number of unbranched alkanes of at least 4 members (excludes halogenated alkanes) is 37. The minimum atomic E-state index is -0.776. The summed E-state index contributed by atoms with van der Waals surface area (Å²) in [6.45, 7) is 6.64. The van der Waals surface area contributed by atoms with E-state index in [0.717, 1.165) is 57.8 Å². The molecule has 0 aromatic carbocycles. The van der Waals surface area contributed by atoms with Crippen LogP contribution >= 0.6 is 0 Å². The van der Waals surface area contributed by atoms with Gasteiger partial charge in [-0.15, -0.1) is 0 Å². The van der Waals surface area contributed by atoms with Gasteiger partial charge in [-0.1, -0.05) is 237 Å². The van der Waals surface area contributed by atoms with Crippen LogP contribution < -0.4 is 0 Å². The second-order valence-electron chi connectivity index (χ2n) is 19.9. The molecule has 1 unspecified atom stereocenters. The fourth-order valence-electron chi connectivity index (χ4n) is 8.60. The minimum Gasteiger partial charge on any atom is -0.462 e. The third-order valence-corrected chi connectivity index (χ3v) is 13.1. The van der Waals surface area contributed by atoms with Gasteiger partial charge >= 0.3 is 17.9 Å². The maximum absolute atomic E-state index is 12.8. The van der Waals surface area contributed by atoms with E-state index in [1.54, 1.807) is 0 Å². The van der Waals surface area contributed by atoms with Crippen LogP contribution in [0.15, 0.2) is 36.5 Å². The van der Waals surface area contributed by atoms with Gasteiger partial charge in [-0.05, 0) is 96.3 Å². The highest BCUT2D eigenvalue weighted by Crippen LogP contribution is 2.16. The molecule has 0 rings (SSSR count). The SMILES string of the molecule is CCCCCC/C=C\CCCCCCCCCC(=O)OCC(COC(=O)CCCCCCCCC/C=C\CCCCCCCCCC)OC(=O)CCCCCCCCC/C=C\CCCCCC. The molecule has 6 nitrogen and oxygen atoms in total. The van der Waals surface area contributed by atoms with Crippen molar-refractivity contribution in [3.63, 3.8) is 0 Å². The number of ether oxygens (including phenoxy) is 3. The van der Waals surface area contributed by atoms with Crippen LogP contribution in [0.5, 0.6) is 0 Å². The van der Waals surface area contributed by atoms with Crippen molar-refractivity contribution in [2.75, 3.05) is 13.2 Å². The van der Waals surface area contributed by atoms with Gasteiger partial charge in [0.15, 0.2) is 6.10 Å². The van der Waals surface area contributed by atoms with E-state index >= 15 is 0 Å². The van der Waals surface area contributed by atoms with Gasteiger partial charge in [0.1, 0.15) is 13.2 Å². The smallest absolute Gasteiger partial charge is 0.306 e. The van der Waals surface area contributed by atoms with E-state index in [9.17, 15) is 14.4 Å². The molecule has 0 aromatic heterocycles. The highest BCUT2D eigenvalue weighted by molar-refractivity contribution is 5.71. The summed E-state index contributed by atoms with van der Waals surface area (Å²) in [6, 6.07) is 0. The van der Waals surface area contributed by atoms with Crippen molar-refractivity contribution in [1.29, 1.82) is 0 Å². The summed E-state index contributed by atoms with van der Waals surface area (Å²) in [7, 11) is 0. The van der Waals surface area contributed by atoms with E-state index in [1.807, 2.05) is 0 Å². The monoisotopic (exact) mass is 941 g/mol. The van der Waals surface area contributed by atoms with Gasteiger partial charge in [-0.25, -0.2) is 0 Å². The fourth-order valence-corrected chi connectivity index (χ4v) is 8.60. The van der Waals surface area contributed by atoms with Gasteiger partial charge in [-0.2, -0.15) is 0 Å². The molecule has 0 aliphatic rings. The molecular weight excluding hydrogens is 829 g/mol.